The molecule has 0 unspecified atom stereocenters. The number of nitrogens with one attached hydrogen (secondary N) is 2. The highest BCUT2D eigenvalue weighted by Crippen LogP contribution is 2.24. The number of rotatable bonds is 7. The van der Waals surface area contributed by atoms with Gasteiger partial charge in [-0.15, -0.1) is 0 Å². The van der Waals surface area contributed by atoms with E-state index >= 15 is 0 Å². The minimum Gasteiger partial charge on any atom is -0.356 e. The summed E-state index contributed by atoms with van der Waals surface area (Å²) in [7, 11) is 0. The molecule has 0 atom stereocenters. The first-order valence-corrected chi connectivity index (χ1v) is 8.38. The molecule has 1 heterocycles. The molecular weight excluding hydrogens is 316 g/mol. The van der Waals surface area contributed by atoms with Crippen molar-refractivity contribution in [2.45, 2.75) is 25.7 Å². The van der Waals surface area contributed by atoms with E-state index in [0.29, 0.717) is 18.5 Å². The van der Waals surface area contributed by atoms with E-state index in [1.807, 2.05) is 30.3 Å². The van der Waals surface area contributed by atoms with Gasteiger partial charge in [-0.05, 0) is 35.7 Å². The van der Waals surface area contributed by atoms with Crippen LogP contribution in [0.15, 0.2) is 48.5 Å². The van der Waals surface area contributed by atoms with Crippen molar-refractivity contribution in [3.63, 3.8) is 0 Å². The highest BCUT2D eigenvalue weighted by molar-refractivity contribution is 6.02. The highest BCUT2D eigenvalue weighted by Gasteiger charge is 2.19. The summed E-state index contributed by atoms with van der Waals surface area (Å²) in [4.78, 5) is 35.5. The maximum Gasteiger partial charge on any atom is 0.228 e. The van der Waals surface area contributed by atoms with E-state index in [-0.39, 0.29) is 30.4 Å². The number of Topliss-reactive ketones (excluding diaryl/α,β-unsaturated/α-hetero) is 1. The van der Waals surface area contributed by atoms with Crippen molar-refractivity contribution in [3.8, 4) is 0 Å². The lowest BCUT2D eigenvalue weighted by atomic mass is 10.0. The van der Waals surface area contributed by atoms with Gasteiger partial charge in [-0.3, -0.25) is 14.4 Å². The van der Waals surface area contributed by atoms with Crippen molar-refractivity contribution < 1.29 is 14.4 Å². The van der Waals surface area contributed by atoms with Gasteiger partial charge in [0.05, 0.1) is 6.42 Å². The van der Waals surface area contributed by atoms with Gasteiger partial charge in [-0.2, -0.15) is 0 Å². The summed E-state index contributed by atoms with van der Waals surface area (Å²) in [6.07, 6.45) is 1.40. The molecular formula is C20H20N2O3. The zero-order valence-electron chi connectivity index (χ0n) is 13.9. The molecule has 0 spiro atoms. The topological polar surface area (TPSA) is 75.3 Å². The Hall–Kier alpha value is -2.95. The van der Waals surface area contributed by atoms with Gasteiger partial charge < -0.3 is 10.6 Å². The van der Waals surface area contributed by atoms with Gasteiger partial charge in [0.25, 0.3) is 0 Å². The molecule has 2 aromatic rings. The van der Waals surface area contributed by atoms with Crippen LogP contribution in [0.3, 0.4) is 0 Å². The predicted octanol–water partition coefficient (Wildman–Crippen LogP) is 2.50. The standard InChI is InChI=1S/C20H20N2O3/c23-18(15-6-7-17-16(12-15)13-20(25)22-17)8-9-19(24)21-11-10-14-4-2-1-3-5-14/h1-7,12H,8-11,13H2,(H,21,24)(H,22,25). The van der Waals surface area contributed by atoms with Crippen molar-refractivity contribution in [2.75, 3.05) is 11.9 Å². The van der Waals surface area contributed by atoms with Crippen LogP contribution in [0.25, 0.3) is 0 Å². The van der Waals surface area contributed by atoms with E-state index in [1.165, 1.54) is 5.56 Å². The predicted molar refractivity (Wildman–Crippen MR) is 95.5 cm³/mol. The van der Waals surface area contributed by atoms with Gasteiger partial charge in [0.15, 0.2) is 5.78 Å². The molecule has 1 aliphatic heterocycles. The third-order valence-corrected chi connectivity index (χ3v) is 4.21. The summed E-state index contributed by atoms with van der Waals surface area (Å²) in [5.74, 6) is -0.264. The molecule has 2 aromatic carbocycles. The quantitative estimate of drug-likeness (QED) is 0.763. The number of carbonyl (C=O) groups is 3. The third kappa shape index (κ3) is 4.53. The van der Waals surface area contributed by atoms with Gasteiger partial charge in [-0.25, -0.2) is 0 Å². The first-order chi connectivity index (χ1) is 12.1. The molecule has 0 aliphatic carbocycles. The van der Waals surface area contributed by atoms with Crippen LogP contribution in [0.4, 0.5) is 5.69 Å². The molecule has 0 bridgehead atoms. The SMILES string of the molecule is O=C(CCC(=O)c1ccc2c(c1)CC(=O)N2)NCCc1ccccc1. The van der Waals surface area contributed by atoms with Crippen molar-refractivity contribution in [3.05, 3.63) is 65.2 Å². The highest BCUT2D eigenvalue weighted by atomic mass is 16.2. The number of ketones is 1. The van der Waals surface area contributed by atoms with Crippen LogP contribution in [0.1, 0.15) is 34.3 Å². The van der Waals surface area contributed by atoms with E-state index in [0.717, 1.165) is 17.7 Å². The first kappa shape index (κ1) is 16.9. The maximum atomic E-state index is 12.2. The summed E-state index contributed by atoms with van der Waals surface area (Å²) in [6, 6.07) is 15.1. The fourth-order valence-corrected chi connectivity index (χ4v) is 2.85. The minimum absolute atomic E-state index is 0.0580. The zero-order valence-corrected chi connectivity index (χ0v) is 13.9. The van der Waals surface area contributed by atoms with Crippen LogP contribution < -0.4 is 10.6 Å². The Kier molecular flexibility index (Phi) is 5.23. The van der Waals surface area contributed by atoms with Crippen molar-refractivity contribution in [1.29, 1.82) is 0 Å². The van der Waals surface area contributed by atoms with Gasteiger partial charge in [0.2, 0.25) is 11.8 Å². The summed E-state index contributed by atoms with van der Waals surface area (Å²) >= 11 is 0. The molecule has 0 fully saturated rings. The Morgan fingerprint density at radius 3 is 2.64 bits per heavy atom. The van der Waals surface area contributed by atoms with Crippen LogP contribution in [0, 0.1) is 0 Å². The molecule has 5 heteroatoms. The molecule has 5 nitrogen and oxygen atoms in total. The summed E-state index contributed by atoms with van der Waals surface area (Å²) in [6.45, 7) is 0.559. The number of anilines is 1. The number of carbonyl (C=O) groups excluding carboxylic acids is 3. The van der Waals surface area contributed by atoms with Crippen LogP contribution in [-0.2, 0) is 22.4 Å². The lowest BCUT2D eigenvalue weighted by Gasteiger charge is -2.06. The molecule has 0 saturated carbocycles. The third-order valence-electron chi connectivity index (χ3n) is 4.21. The second-order valence-electron chi connectivity index (χ2n) is 6.11. The Balaban J connectivity index is 1.43. The Morgan fingerprint density at radius 1 is 1.04 bits per heavy atom. The van der Waals surface area contributed by atoms with E-state index in [9.17, 15) is 14.4 Å². The molecule has 0 saturated heterocycles. The van der Waals surface area contributed by atoms with E-state index < -0.39 is 0 Å². The molecule has 3 rings (SSSR count). The lowest BCUT2D eigenvalue weighted by Crippen LogP contribution is -2.26. The van der Waals surface area contributed by atoms with Crippen LogP contribution >= 0.6 is 0 Å². The smallest absolute Gasteiger partial charge is 0.228 e. The zero-order chi connectivity index (χ0) is 17.6. The van der Waals surface area contributed by atoms with Crippen molar-refractivity contribution >= 4 is 23.3 Å². The molecule has 0 aromatic heterocycles. The van der Waals surface area contributed by atoms with Gasteiger partial charge in [0.1, 0.15) is 0 Å². The summed E-state index contributed by atoms with van der Waals surface area (Å²) in [5, 5.41) is 5.58. The second kappa shape index (κ2) is 7.75. The van der Waals surface area contributed by atoms with Gasteiger partial charge in [-0.1, -0.05) is 30.3 Å². The van der Waals surface area contributed by atoms with E-state index in [1.54, 1.807) is 18.2 Å². The first-order valence-electron chi connectivity index (χ1n) is 8.38. The average Bonchev–Trinajstić information content (AvgIpc) is 2.99. The van der Waals surface area contributed by atoms with Gasteiger partial charge >= 0.3 is 0 Å². The average molecular weight is 336 g/mol. The number of amides is 2. The van der Waals surface area contributed by atoms with Crippen LogP contribution in [-0.4, -0.2) is 24.1 Å². The number of fused-ring (bicyclic) bond motifs is 1. The number of hydrogen-bond donors (Lipinski definition) is 2. The van der Waals surface area contributed by atoms with Crippen LogP contribution in [0.5, 0.6) is 0 Å². The molecule has 128 valence electrons. The molecule has 2 amide bonds. The lowest BCUT2D eigenvalue weighted by molar-refractivity contribution is -0.121. The Bertz CT molecular complexity index is 800. The normalized spacial score (nSPS) is 12.4. The molecule has 25 heavy (non-hydrogen) atoms. The van der Waals surface area contributed by atoms with Crippen LogP contribution in [0.2, 0.25) is 0 Å². The minimum atomic E-state index is -0.123. The monoisotopic (exact) mass is 336 g/mol. The maximum absolute atomic E-state index is 12.2. The van der Waals surface area contributed by atoms with Gasteiger partial charge in [0, 0.05) is 30.6 Å². The summed E-state index contributed by atoms with van der Waals surface area (Å²) < 4.78 is 0. The molecule has 2 N–H and O–H groups in total. The number of hydrogen-bond acceptors (Lipinski definition) is 3. The Morgan fingerprint density at radius 2 is 1.84 bits per heavy atom. The number of benzene rings is 2. The fourth-order valence-electron chi connectivity index (χ4n) is 2.85. The van der Waals surface area contributed by atoms with Crippen molar-refractivity contribution in [1.82, 2.24) is 5.32 Å². The largest absolute Gasteiger partial charge is 0.356 e. The Labute approximate surface area is 146 Å². The van der Waals surface area contributed by atoms with E-state index in [4.69, 9.17) is 0 Å². The van der Waals surface area contributed by atoms with Crippen molar-refractivity contribution in [2.24, 2.45) is 0 Å². The summed E-state index contributed by atoms with van der Waals surface area (Å²) in [5.41, 5.74) is 3.32. The second-order valence-corrected chi connectivity index (χ2v) is 6.11. The fraction of sp³-hybridized carbons (Fsp3) is 0.250. The molecule has 1 aliphatic rings. The molecule has 0 radical (unpaired) electrons. The van der Waals surface area contributed by atoms with E-state index in [2.05, 4.69) is 10.6 Å².